The molecule has 0 amide bonds. The molecule has 0 aliphatic heterocycles. The zero-order valence-electron chi connectivity index (χ0n) is 10.8. The van der Waals surface area contributed by atoms with Crippen LogP contribution >= 0.6 is 11.6 Å². The van der Waals surface area contributed by atoms with Gasteiger partial charge in [0.1, 0.15) is 6.29 Å². The first-order valence-electron chi connectivity index (χ1n) is 6.28. The summed E-state index contributed by atoms with van der Waals surface area (Å²) >= 11 is 6.25. The summed E-state index contributed by atoms with van der Waals surface area (Å²) in [6.45, 7) is 3.75. The van der Waals surface area contributed by atoms with Gasteiger partial charge in [-0.05, 0) is 30.7 Å². The van der Waals surface area contributed by atoms with E-state index in [2.05, 4.69) is 24.0 Å². The predicted molar refractivity (Wildman–Crippen MR) is 80.0 cm³/mol. The number of anilines is 1. The van der Waals surface area contributed by atoms with E-state index >= 15 is 0 Å². The lowest BCUT2D eigenvalue weighted by Gasteiger charge is -2.24. The van der Waals surface area contributed by atoms with E-state index in [-0.39, 0.29) is 0 Å². The van der Waals surface area contributed by atoms with Crippen LogP contribution in [0.25, 0.3) is 0 Å². The summed E-state index contributed by atoms with van der Waals surface area (Å²) in [7, 11) is 0. The van der Waals surface area contributed by atoms with E-state index < -0.39 is 0 Å². The Labute approximate surface area is 118 Å². The fourth-order valence-corrected chi connectivity index (χ4v) is 2.33. The van der Waals surface area contributed by atoms with E-state index in [0.717, 1.165) is 25.1 Å². The Kier molecular flexibility index (Phi) is 4.58. The molecule has 19 heavy (non-hydrogen) atoms. The second-order valence-corrected chi connectivity index (χ2v) is 4.74. The maximum Gasteiger partial charge on any atom is 0.150 e. The molecular weight excluding hydrogens is 258 g/mol. The van der Waals surface area contributed by atoms with Crippen molar-refractivity contribution in [3.63, 3.8) is 0 Å². The van der Waals surface area contributed by atoms with Gasteiger partial charge in [-0.1, -0.05) is 41.9 Å². The normalized spacial score (nSPS) is 10.2. The molecular formula is C16H16ClNO. The van der Waals surface area contributed by atoms with Crippen molar-refractivity contribution in [2.45, 2.75) is 13.5 Å². The third-order valence-corrected chi connectivity index (χ3v) is 3.35. The molecule has 0 aliphatic carbocycles. The number of halogens is 1. The summed E-state index contributed by atoms with van der Waals surface area (Å²) in [6, 6.07) is 15.6. The standard InChI is InChI=1S/C16H16ClNO/c1-2-18(11-13-6-4-3-5-7-13)16-9-8-14(12-19)10-15(16)17/h3-10,12H,2,11H2,1H3. The van der Waals surface area contributed by atoms with Crippen LogP contribution in [0.2, 0.25) is 5.02 Å². The van der Waals surface area contributed by atoms with Crippen LogP contribution in [0.1, 0.15) is 22.8 Å². The van der Waals surface area contributed by atoms with Gasteiger partial charge in [0.25, 0.3) is 0 Å². The molecule has 2 nitrogen and oxygen atoms in total. The van der Waals surface area contributed by atoms with Crippen LogP contribution in [-0.2, 0) is 6.54 Å². The Hall–Kier alpha value is -1.80. The number of hydrogen-bond acceptors (Lipinski definition) is 2. The van der Waals surface area contributed by atoms with Crippen LogP contribution in [-0.4, -0.2) is 12.8 Å². The van der Waals surface area contributed by atoms with Crippen molar-refractivity contribution in [3.05, 3.63) is 64.7 Å². The minimum atomic E-state index is 0.601. The van der Waals surface area contributed by atoms with Gasteiger partial charge in [-0.2, -0.15) is 0 Å². The molecule has 0 bridgehead atoms. The number of aldehydes is 1. The van der Waals surface area contributed by atoms with Gasteiger partial charge in [-0.25, -0.2) is 0 Å². The molecule has 0 unspecified atom stereocenters. The SMILES string of the molecule is CCN(Cc1ccccc1)c1ccc(C=O)cc1Cl. The van der Waals surface area contributed by atoms with Crippen LogP contribution in [0.15, 0.2) is 48.5 Å². The highest BCUT2D eigenvalue weighted by molar-refractivity contribution is 6.33. The molecule has 0 spiro atoms. The molecule has 0 aromatic heterocycles. The van der Waals surface area contributed by atoms with Gasteiger partial charge in [-0.3, -0.25) is 4.79 Å². The number of carbonyl (C=O) groups is 1. The molecule has 2 aromatic rings. The Balaban J connectivity index is 2.24. The molecule has 98 valence electrons. The Morgan fingerprint density at radius 2 is 1.89 bits per heavy atom. The lowest BCUT2D eigenvalue weighted by molar-refractivity contribution is 0.112. The fourth-order valence-electron chi connectivity index (χ4n) is 2.02. The van der Waals surface area contributed by atoms with Crippen LogP contribution < -0.4 is 4.90 Å². The van der Waals surface area contributed by atoms with Gasteiger partial charge in [-0.15, -0.1) is 0 Å². The quantitative estimate of drug-likeness (QED) is 0.762. The van der Waals surface area contributed by atoms with Gasteiger partial charge in [0.2, 0.25) is 0 Å². The molecule has 0 heterocycles. The zero-order chi connectivity index (χ0) is 13.7. The Bertz CT molecular complexity index is 554. The number of benzene rings is 2. The number of rotatable bonds is 5. The Morgan fingerprint density at radius 3 is 2.47 bits per heavy atom. The summed E-state index contributed by atoms with van der Waals surface area (Å²) in [4.78, 5) is 12.9. The topological polar surface area (TPSA) is 20.3 Å². The third-order valence-electron chi connectivity index (χ3n) is 3.05. The summed E-state index contributed by atoms with van der Waals surface area (Å²) in [5, 5.41) is 0.613. The molecule has 2 aromatic carbocycles. The van der Waals surface area contributed by atoms with Crippen LogP contribution in [0.5, 0.6) is 0 Å². The number of carbonyl (C=O) groups excluding carboxylic acids is 1. The van der Waals surface area contributed by atoms with Gasteiger partial charge in [0.05, 0.1) is 10.7 Å². The van der Waals surface area contributed by atoms with Crippen molar-refractivity contribution in [2.24, 2.45) is 0 Å². The molecule has 0 radical (unpaired) electrons. The largest absolute Gasteiger partial charge is 0.366 e. The maximum atomic E-state index is 10.7. The molecule has 0 aliphatic rings. The Morgan fingerprint density at radius 1 is 1.16 bits per heavy atom. The summed E-state index contributed by atoms with van der Waals surface area (Å²) in [5.41, 5.74) is 2.79. The molecule has 0 saturated heterocycles. The van der Waals surface area contributed by atoms with Crippen molar-refractivity contribution in [3.8, 4) is 0 Å². The van der Waals surface area contributed by atoms with Gasteiger partial charge in [0, 0.05) is 18.7 Å². The fraction of sp³-hybridized carbons (Fsp3) is 0.188. The minimum Gasteiger partial charge on any atom is -0.366 e. The lowest BCUT2D eigenvalue weighted by Crippen LogP contribution is -2.22. The molecule has 0 saturated carbocycles. The highest BCUT2D eigenvalue weighted by Crippen LogP contribution is 2.27. The number of nitrogens with zero attached hydrogens (tertiary/aromatic N) is 1. The zero-order valence-corrected chi connectivity index (χ0v) is 11.6. The van der Waals surface area contributed by atoms with Crippen LogP contribution in [0.3, 0.4) is 0 Å². The first-order valence-corrected chi connectivity index (χ1v) is 6.66. The van der Waals surface area contributed by atoms with Gasteiger partial charge < -0.3 is 4.90 Å². The van der Waals surface area contributed by atoms with E-state index in [1.165, 1.54) is 5.56 Å². The minimum absolute atomic E-state index is 0.601. The van der Waals surface area contributed by atoms with Crippen molar-refractivity contribution in [2.75, 3.05) is 11.4 Å². The summed E-state index contributed by atoms with van der Waals surface area (Å²) < 4.78 is 0. The van der Waals surface area contributed by atoms with Gasteiger partial charge in [0.15, 0.2) is 0 Å². The first-order chi connectivity index (χ1) is 9.24. The number of hydrogen-bond donors (Lipinski definition) is 0. The van der Waals surface area contributed by atoms with Crippen LogP contribution in [0.4, 0.5) is 5.69 Å². The van der Waals surface area contributed by atoms with Crippen molar-refractivity contribution in [1.29, 1.82) is 0 Å². The smallest absolute Gasteiger partial charge is 0.150 e. The van der Waals surface area contributed by atoms with E-state index in [1.54, 1.807) is 12.1 Å². The second kappa shape index (κ2) is 6.39. The highest BCUT2D eigenvalue weighted by Gasteiger charge is 2.09. The van der Waals surface area contributed by atoms with Crippen molar-refractivity contribution >= 4 is 23.6 Å². The van der Waals surface area contributed by atoms with E-state index in [4.69, 9.17) is 11.6 Å². The van der Waals surface area contributed by atoms with E-state index in [9.17, 15) is 4.79 Å². The predicted octanol–water partition coefficient (Wildman–Crippen LogP) is 4.18. The van der Waals surface area contributed by atoms with E-state index in [0.29, 0.717) is 10.6 Å². The average molecular weight is 274 g/mol. The first kappa shape index (κ1) is 13.6. The summed E-state index contributed by atoms with van der Waals surface area (Å²) in [6.07, 6.45) is 0.809. The maximum absolute atomic E-state index is 10.7. The molecule has 0 N–H and O–H groups in total. The van der Waals surface area contributed by atoms with E-state index in [1.807, 2.05) is 24.3 Å². The van der Waals surface area contributed by atoms with Crippen molar-refractivity contribution in [1.82, 2.24) is 0 Å². The highest BCUT2D eigenvalue weighted by atomic mass is 35.5. The second-order valence-electron chi connectivity index (χ2n) is 4.33. The molecule has 2 rings (SSSR count). The average Bonchev–Trinajstić information content (AvgIpc) is 2.46. The molecule has 0 fully saturated rings. The van der Waals surface area contributed by atoms with Crippen molar-refractivity contribution < 1.29 is 4.79 Å². The molecule has 0 atom stereocenters. The van der Waals surface area contributed by atoms with Gasteiger partial charge >= 0.3 is 0 Å². The molecule has 3 heteroatoms. The summed E-state index contributed by atoms with van der Waals surface area (Å²) in [5.74, 6) is 0. The lowest BCUT2D eigenvalue weighted by atomic mass is 10.1. The third kappa shape index (κ3) is 3.36. The van der Waals surface area contributed by atoms with Crippen LogP contribution in [0, 0.1) is 0 Å². The monoisotopic (exact) mass is 273 g/mol.